The maximum atomic E-state index is 13.5. The highest BCUT2D eigenvalue weighted by molar-refractivity contribution is 6.31. The molecule has 0 radical (unpaired) electrons. The Morgan fingerprint density at radius 3 is 2.74 bits per heavy atom. The Hall–Kier alpha value is -3.27. The van der Waals surface area contributed by atoms with E-state index in [9.17, 15) is 9.18 Å². The minimum Gasteiger partial charge on any atom is -0.494 e. The maximum absolute atomic E-state index is 13.5. The van der Waals surface area contributed by atoms with Gasteiger partial charge in [0.15, 0.2) is 0 Å². The van der Waals surface area contributed by atoms with Crippen LogP contribution in [-0.4, -0.2) is 72.6 Å². The Morgan fingerprint density at radius 1 is 1.21 bits per heavy atom. The van der Waals surface area contributed by atoms with Crippen LogP contribution in [0.4, 0.5) is 21.6 Å². The fourth-order valence-corrected chi connectivity index (χ4v) is 3.85. The van der Waals surface area contributed by atoms with Gasteiger partial charge in [0.25, 0.3) is 0 Å². The van der Waals surface area contributed by atoms with Crippen LogP contribution in [0.25, 0.3) is 10.9 Å². The first-order chi connectivity index (χ1) is 16.4. The number of methoxy groups -OCH3 is 1. The van der Waals surface area contributed by atoms with Crippen molar-refractivity contribution in [1.82, 2.24) is 19.8 Å². The molecule has 2 aromatic carbocycles. The van der Waals surface area contributed by atoms with E-state index < -0.39 is 5.82 Å². The minimum absolute atomic E-state index is 0.00124. The number of aromatic nitrogens is 2. The normalized spacial score (nSPS) is 15.1. The van der Waals surface area contributed by atoms with Crippen molar-refractivity contribution in [2.24, 2.45) is 0 Å². The van der Waals surface area contributed by atoms with E-state index in [0.717, 1.165) is 32.7 Å². The quantitative estimate of drug-likeness (QED) is 0.492. The molecule has 2 heterocycles. The maximum Gasteiger partial charge on any atom is 0.248 e. The van der Waals surface area contributed by atoms with Crippen molar-refractivity contribution in [3.05, 3.63) is 59.7 Å². The SMILES string of the molecule is COc1cc2ncnc(Nc3ccc(F)c(Cl)c3)c2cc1NC(=O)C=CCN1CCN(C)CC1. The van der Waals surface area contributed by atoms with Gasteiger partial charge in [-0.2, -0.15) is 0 Å². The van der Waals surface area contributed by atoms with Crippen LogP contribution < -0.4 is 15.4 Å². The van der Waals surface area contributed by atoms with Crippen molar-refractivity contribution in [3.8, 4) is 5.75 Å². The van der Waals surface area contributed by atoms with Crippen molar-refractivity contribution in [3.63, 3.8) is 0 Å². The average molecular weight is 485 g/mol. The third-order valence-electron chi connectivity index (χ3n) is 5.63. The molecule has 2 N–H and O–H groups in total. The van der Waals surface area contributed by atoms with Gasteiger partial charge in [-0.05, 0) is 31.3 Å². The fraction of sp³-hybridized carbons (Fsp3) is 0.292. The molecule has 4 rings (SSSR count). The summed E-state index contributed by atoms with van der Waals surface area (Å²) in [5.41, 5.74) is 1.67. The molecule has 1 saturated heterocycles. The van der Waals surface area contributed by atoms with Crippen LogP contribution in [0.3, 0.4) is 0 Å². The van der Waals surface area contributed by atoms with Crippen LogP contribution in [0.5, 0.6) is 5.75 Å². The van der Waals surface area contributed by atoms with Gasteiger partial charge in [0.05, 0.1) is 23.3 Å². The van der Waals surface area contributed by atoms with E-state index in [0.29, 0.717) is 33.8 Å². The van der Waals surface area contributed by atoms with Gasteiger partial charge in [-0.25, -0.2) is 14.4 Å². The summed E-state index contributed by atoms with van der Waals surface area (Å²) in [6.45, 7) is 4.73. The number of fused-ring (bicyclic) bond motifs is 1. The Balaban J connectivity index is 1.52. The average Bonchev–Trinajstić information content (AvgIpc) is 2.82. The molecular formula is C24H26ClFN6O2. The summed E-state index contributed by atoms with van der Waals surface area (Å²) in [5.74, 6) is 0.192. The number of hydrogen-bond donors (Lipinski definition) is 2. The lowest BCUT2D eigenvalue weighted by atomic mass is 10.1. The first kappa shape index (κ1) is 23.9. The summed E-state index contributed by atoms with van der Waals surface area (Å²) in [7, 11) is 3.64. The van der Waals surface area contributed by atoms with Crippen LogP contribution in [0.2, 0.25) is 5.02 Å². The lowest BCUT2D eigenvalue weighted by Gasteiger charge is -2.31. The smallest absolute Gasteiger partial charge is 0.248 e. The number of benzene rings is 2. The number of likely N-dealkylation sites (N-methyl/N-ethyl adjacent to an activating group) is 1. The number of carbonyl (C=O) groups is 1. The third kappa shape index (κ3) is 5.80. The number of amides is 1. The molecule has 3 aromatic rings. The molecule has 178 valence electrons. The van der Waals surface area contributed by atoms with Gasteiger partial charge in [0, 0.05) is 55.9 Å². The molecule has 0 spiro atoms. The Morgan fingerprint density at radius 2 is 2.00 bits per heavy atom. The lowest BCUT2D eigenvalue weighted by molar-refractivity contribution is -0.111. The summed E-state index contributed by atoms with van der Waals surface area (Å²) in [4.78, 5) is 25.8. The Labute approximate surface area is 202 Å². The predicted molar refractivity (Wildman–Crippen MR) is 132 cm³/mol. The molecule has 1 amide bonds. The molecule has 0 atom stereocenters. The van der Waals surface area contributed by atoms with Crippen molar-refractivity contribution < 1.29 is 13.9 Å². The molecule has 0 saturated carbocycles. The summed E-state index contributed by atoms with van der Waals surface area (Å²) in [5, 5.41) is 6.66. The molecule has 1 aliphatic heterocycles. The Kier molecular flexibility index (Phi) is 7.56. The third-order valence-corrected chi connectivity index (χ3v) is 5.92. The van der Waals surface area contributed by atoms with E-state index in [1.165, 1.54) is 31.6 Å². The zero-order valence-electron chi connectivity index (χ0n) is 19.0. The summed E-state index contributed by atoms with van der Waals surface area (Å²) >= 11 is 5.89. The van der Waals surface area contributed by atoms with Crippen LogP contribution in [-0.2, 0) is 4.79 Å². The molecule has 0 aliphatic carbocycles. The number of ether oxygens (including phenoxy) is 1. The Bertz CT molecular complexity index is 1210. The van der Waals surface area contributed by atoms with Gasteiger partial charge < -0.3 is 20.3 Å². The number of nitrogens with one attached hydrogen (secondary N) is 2. The van der Waals surface area contributed by atoms with E-state index in [4.69, 9.17) is 16.3 Å². The molecule has 0 bridgehead atoms. The summed E-state index contributed by atoms with van der Waals surface area (Å²) in [6.07, 6.45) is 4.81. The van der Waals surface area contributed by atoms with Crippen molar-refractivity contribution in [1.29, 1.82) is 0 Å². The van der Waals surface area contributed by atoms with E-state index in [1.54, 1.807) is 18.2 Å². The molecule has 0 unspecified atom stereocenters. The monoisotopic (exact) mass is 484 g/mol. The van der Waals surface area contributed by atoms with Crippen molar-refractivity contribution in [2.45, 2.75) is 0 Å². The molecule has 8 nitrogen and oxygen atoms in total. The molecule has 1 aromatic heterocycles. The van der Waals surface area contributed by atoms with Crippen LogP contribution >= 0.6 is 11.6 Å². The highest BCUT2D eigenvalue weighted by atomic mass is 35.5. The zero-order valence-corrected chi connectivity index (χ0v) is 19.8. The first-order valence-electron chi connectivity index (χ1n) is 10.9. The van der Waals surface area contributed by atoms with Gasteiger partial charge in [0.2, 0.25) is 5.91 Å². The minimum atomic E-state index is -0.504. The zero-order chi connectivity index (χ0) is 24.1. The second-order valence-electron chi connectivity index (χ2n) is 8.04. The molecule has 10 heteroatoms. The predicted octanol–water partition coefficient (Wildman–Crippen LogP) is 3.92. The number of piperazine rings is 1. The van der Waals surface area contributed by atoms with Gasteiger partial charge in [-0.3, -0.25) is 9.69 Å². The number of carbonyl (C=O) groups excluding carboxylic acids is 1. The standard InChI is InChI=1S/C24H26ClFN6O2/c1-31-8-10-32(11-9-31)7-3-4-23(33)30-21-13-17-20(14-22(21)34-2)27-15-28-24(17)29-16-5-6-19(26)18(25)12-16/h3-6,12-15H,7-11H2,1-2H3,(H,30,33)(H,27,28,29). The van der Waals surface area contributed by atoms with Gasteiger partial charge >= 0.3 is 0 Å². The molecule has 1 fully saturated rings. The van der Waals surface area contributed by atoms with Gasteiger partial charge in [0.1, 0.15) is 23.7 Å². The van der Waals surface area contributed by atoms with E-state index >= 15 is 0 Å². The van der Waals surface area contributed by atoms with Crippen LogP contribution in [0, 0.1) is 5.82 Å². The number of halogens is 2. The van der Waals surface area contributed by atoms with E-state index in [2.05, 4.69) is 37.4 Å². The van der Waals surface area contributed by atoms with Crippen LogP contribution in [0.1, 0.15) is 0 Å². The van der Waals surface area contributed by atoms with Crippen LogP contribution in [0.15, 0.2) is 48.8 Å². The summed E-state index contributed by atoms with van der Waals surface area (Å²) < 4.78 is 19.0. The topological polar surface area (TPSA) is 82.6 Å². The largest absolute Gasteiger partial charge is 0.494 e. The fourth-order valence-electron chi connectivity index (χ4n) is 3.67. The van der Waals surface area contributed by atoms with E-state index in [-0.39, 0.29) is 10.9 Å². The lowest BCUT2D eigenvalue weighted by Crippen LogP contribution is -2.44. The van der Waals surface area contributed by atoms with E-state index in [1.807, 2.05) is 6.08 Å². The molecule has 34 heavy (non-hydrogen) atoms. The first-order valence-corrected chi connectivity index (χ1v) is 11.2. The molecule has 1 aliphatic rings. The number of rotatable bonds is 7. The molecular weight excluding hydrogens is 459 g/mol. The number of nitrogens with zero attached hydrogens (tertiary/aromatic N) is 4. The van der Waals surface area contributed by atoms with Gasteiger partial charge in [-0.15, -0.1) is 0 Å². The summed E-state index contributed by atoms with van der Waals surface area (Å²) in [6, 6.07) is 7.78. The highest BCUT2D eigenvalue weighted by Gasteiger charge is 2.14. The number of hydrogen-bond acceptors (Lipinski definition) is 7. The van der Waals surface area contributed by atoms with Crippen molar-refractivity contribution >= 4 is 45.6 Å². The number of anilines is 3. The van der Waals surface area contributed by atoms with Gasteiger partial charge in [-0.1, -0.05) is 17.7 Å². The van der Waals surface area contributed by atoms with Crippen molar-refractivity contribution in [2.75, 3.05) is 57.5 Å². The highest BCUT2D eigenvalue weighted by Crippen LogP contribution is 2.33. The second-order valence-corrected chi connectivity index (χ2v) is 8.45. The second kappa shape index (κ2) is 10.8.